The summed E-state index contributed by atoms with van der Waals surface area (Å²) in [5.41, 5.74) is 0.479. The third-order valence-corrected chi connectivity index (χ3v) is 4.12. The van der Waals surface area contributed by atoms with Gasteiger partial charge < -0.3 is 14.8 Å². The Morgan fingerprint density at radius 1 is 1.04 bits per heavy atom. The molecule has 0 aliphatic carbocycles. The number of pyridine rings is 1. The molecule has 0 saturated carbocycles. The van der Waals surface area contributed by atoms with Gasteiger partial charge in [-0.25, -0.2) is 0 Å². The predicted octanol–water partition coefficient (Wildman–Crippen LogP) is 2.49. The topological polar surface area (TPSA) is 71.4 Å². The van der Waals surface area contributed by atoms with Crippen molar-refractivity contribution in [3.05, 3.63) is 76.2 Å². The van der Waals surface area contributed by atoms with Crippen LogP contribution in [0.2, 0.25) is 0 Å². The summed E-state index contributed by atoms with van der Waals surface area (Å²) >= 11 is 0. The van der Waals surface area contributed by atoms with Crippen LogP contribution in [0.25, 0.3) is 10.8 Å². The third kappa shape index (κ3) is 3.21. The van der Waals surface area contributed by atoms with Gasteiger partial charge in [-0.1, -0.05) is 36.4 Å². The lowest BCUT2D eigenvalue weighted by Gasteiger charge is -2.13. The van der Waals surface area contributed by atoms with Gasteiger partial charge in [0.05, 0.1) is 5.56 Å². The molecular formula is C20H19N3O3. The van der Waals surface area contributed by atoms with E-state index in [0.29, 0.717) is 11.1 Å². The van der Waals surface area contributed by atoms with Gasteiger partial charge in [-0.2, -0.15) is 0 Å². The van der Waals surface area contributed by atoms with Crippen molar-refractivity contribution in [1.29, 1.82) is 0 Å². The van der Waals surface area contributed by atoms with Crippen LogP contribution in [-0.2, 0) is 7.05 Å². The number of carbonyl (C=O) groups excluding carboxylic acids is 2. The first kappa shape index (κ1) is 17.4. The van der Waals surface area contributed by atoms with Gasteiger partial charge in [0.1, 0.15) is 5.69 Å². The number of hydrogen-bond acceptors (Lipinski definition) is 3. The highest BCUT2D eigenvalue weighted by molar-refractivity contribution is 6.13. The van der Waals surface area contributed by atoms with E-state index in [1.807, 2.05) is 30.3 Å². The molecule has 132 valence electrons. The Bertz CT molecular complexity index is 1060. The molecule has 1 N–H and O–H groups in total. The van der Waals surface area contributed by atoms with Crippen molar-refractivity contribution < 1.29 is 9.59 Å². The molecule has 1 aromatic heterocycles. The molecule has 3 rings (SSSR count). The number of rotatable bonds is 3. The number of nitrogens with one attached hydrogen (secondary N) is 1. The number of carbonyl (C=O) groups is 2. The molecule has 6 nitrogen and oxygen atoms in total. The first-order valence-corrected chi connectivity index (χ1v) is 8.10. The molecule has 0 radical (unpaired) electrons. The second-order valence-corrected chi connectivity index (χ2v) is 6.24. The molecule has 6 heteroatoms. The smallest absolute Gasteiger partial charge is 0.274 e. The fraction of sp³-hybridized carbons (Fsp3) is 0.150. The molecule has 26 heavy (non-hydrogen) atoms. The second kappa shape index (κ2) is 6.84. The van der Waals surface area contributed by atoms with Crippen molar-refractivity contribution >= 4 is 28.3 Å². The summed E-state index contributed by atoms with van der Waals surface area (Å²) in [7, 11) is 4.80. The highest BCUT2D eigenvalue weighted by Gasteiger charge is 2.16. The molecule has 0 unspecified atom stereocenters. The molecule has 0 aliphatic heterocycles. The van der Waals surface area contributed by atoms with Gasteiger partial charge in [0.2, 0.25) is 0 Å². The first-order valence-electron chi connectivity index (χ1n) is 8.10. The molecule has 3 aromatic rings. The summed E-state index contributed by atoms with van der Waals surface area (Å²) < 4.78 is 1.29. The van der Waals surface area contributed by atoms with Crippen molar-refractivity contribution in [3.8, 4) is 0 Å². The van der Waals surface area contributed by atoms with Crippen molar-refractivity contribution in [2.75, 3.05) is 19.4 Å². The molecule has 0 spiro atoms. The van der Waals surface area contributed by atoms with E-state index in [-0.39, 0.29) is 17.2 Å². The molecule has 2 amide bonds. The van der Waals surface area contributed by atoms with E-state index in [9.17, 15) is 14.4 Å². The van der Waals surface area contributed by atoms with Gasteiger partial charge in [0, 0.05) is 32.9 Å². The number of hydrogen-bond donors (Lipinski definition) is 1. The van der Waals surface area contributed by atoms with Crippen LogP contribution in [0.3, 0.4) is 0 Å². The van der Waals surface area contributed by atoms with E-state index < -0.39 is 5.91 Å². The van der Waals surface area contributed by atoms with Crippen molar-refractivity contribution in [2.45, 2.75) is 0 Å². The molecule has 1 heterocycles. The van der Waals surface area contributed by atoms with E-state index in [2.05, 4.69) is 5.32 Å². The quantitative estimate of drug-likeness (QED) is 0.790. The number of benzene rings is 2. The van der Waals surface area contributed by atoms with E-state index >= 15 is 0 Å². The summed E-state index contributed by atoms with van der Waals surface area (Å²) in [4.78, 5) is 38.7. The van der Waals surface area contributed by atoms with E-state index in [1.54, 1.807) is 33.3 Å². The minimum atomic E-state index is -0.395. The van der Waals surface area contributed by atoms with Crippen LogP contribution in [0.4, 0.5) is 5.69 Å². The average molecular weight is 349 g/mol. The normalized spacial score (nSPS) is 10.6. The monoisotopic (exact) mass is 349 g/mol. The molecule has 0 fully saturated rings. The van der Waals surface area contributed by atoms with Gasteiger partial charge in [-0.05, 0) is 22.9 Å². The summed E-state index contributed by atoms with van der Waals surface area (Å²) in [6, 6.07) is 14.4. The number of aromatic nitrogens is 1. The van der Waals surface area contributed by atoms with Crippen LogP contribution < -0.4 is 10.9 Å². The Morgan fingerprint density at radius 3 is 2.46 bits per heavy atom. The molecule has 0 aliphatic rings. The summed E-state index contributed by atoms with van der Waals surface area (Å²) in [6.07, 6.45) is 1.46. The Hall–Kier alpha value is -3.41. The maximum Gasteiger partial charge on any atom is 0.274 e. The second-order valence-electron chi connectivity index (χ2n) is 6.24. The van der Waals surface area contributed by atoms with Crippen molar-refractivity contribution in [3.63, 3.8) is 0 Å². The molecule has 2 aromatic carbocycles. The lowest BCUT2D eigenvalue weighted by molar-refractivity contribution is 0.0826. The SMILES string of the molecule is CN(C)C(=O)c1cc(NC(=O)c2cccc3ccccc23)c(=O)n(C)c1. The van der Waals surface area contributed by atoms with Crippen LogP contribution in [0.1, 0.15) is 20.7 Å². The van der Waals surface area contributed by atoms with E-state index in [4.69, 9.17) is 0 Å². The summed E-state index contributed by atoms with van der Waals surface area (Å²) in [5.74, 6) is -0.644. The number of aryl methyl sites for hydroxylation is 1. The standard InChI is InChI=1S/C20H19N3O3/c1-22(2)19(25)14-11-17(20(26)23(3)12-14)21-18(24)16-10-6-8-13-7-4-5-9-15(13)16/h4-12H,1-3H3,(H,21,24). The number of amides is 2. The Morgan fingerprint density at radius 2 is 1.73 bits per heavy atom. The highest BCUT2D eigenvalue weighted by atomic mass is 16.2. The zero-order valence-electron chi connectivity index (χ0n) is 14.8. The number of fused-ring (bicyclic) bond motifs is 1. The molecule has 0 atom stereocenters. The van der Waals surface area contributed by atoms with Gasteiger partial charge in [0.25, 0.3) is 17.4 Å². The fourth-order valence-corrected chi connectivity index (χ4v) is 2.79. The molecule has 0 saturated heterocycles. The van der Waals surface area contributed by atoms with Gasteiger partial charge >= 0.3 is 0 Å². The third-order valence-electron chi connectivity index (χ3n) is 4.12. The minimum absolute atomic E-state index is 0.0677. The number of nitrogens with zero attached hydrogens (tertiary/aromatic N) is 2. The Balaban J connectivity index is 2.01. The highest BCUT2D eigenvalue weighted by Crippen LogP contribution is 2.19. The van der Waals surface area contributed by atoms with E-state index in [1.165, 1.54) is 21.7 Å². The van der Waals surface area contributed by atoms with Gasteiger partial charge in [-0.3, -0.25) is 14.4 Å². The molecular weight excluding hydrogens is 330 g/mol. The van der Waals surface area contributed by atoms with Gasteiger partial charge in [0.15, 0.2) is 0 Å². The maximum atomic E-state index is 12.8. The average Bonchev–Trinajstić information content (AvgIpc) is 2.63. The van der Waals surface area contributed by atoms with Crippen LogP contribution in [0.15, 0.2) is 59.5 Å². The van der Waals surface area contributed by atoms with Crippen LogP contribution in [0, 0.1) is 0 Å². The van der Waals surface area contributed by atoms with Crippen molar-refractivity contribution in [1.82, 2.24) is 9.47 Å². The Labute approximate surface area is 150 Å². The minimum Gasteiger partial charge on any atom is -0.345 e. The van der Waals surface area contributed by atoms with Crippen LogP contribution >= 0.6 is 0 Å². The predicted molar refractivity (Wildman–Crippen MR) is 102 cm³/mol. The summed E-state index contributed by atoms with van der Waals surface area (Å²) in [5, 5.41) is 4.38. The first-order chi connectivity index (χ1) is 12.4. The zero-order chi connectivity index (χ0) is 18.8. The lowest BCUT2D eigenvalue weighted by Crippen LogP contribution is -2.28. The zero-order valence-corrected chi connectivity index (χ0v) is 14.8. The fourth-order valence-electron chi connectivity index (χ4n) is 2.79. The summed E-state index contributed by atoms with van der Waals surface area (Å²) in [6.45, 7) is 0. The Kier molecular flexibility index (Phi) is 4.58. The van der Waals surface area contributed by atoms with Gasteiger partial charge in [-0.15, -0.1) is 0 Å². The maximum absolute atomic E-state index is 12.8. The van der Waals surface area contributed by atoms with Crippen LogP contribution in [0.5, 0.6) is 0 Å². The van der Waals surface area contributed by atoms with E-state index in [0.717, 1.165) is 10.8 Å². The molecule has 0 bridgehead atoms. The van der Waals surface area contributed by atoms with Crippen LogP contribution in [-0.4, -0.2) is 35.4 Å². The van der Waals surface area contributed by atoms with Crippen molar-refractivity contribution in [2.24, 2.45) is 7.05 Å². The number of anilines is 1. The largest absolute Gasteiger partial charge is 0.345 e. The lowest BCUT2D eigenvalue weighted by atomic mass is 10.0.